The highest BCUT2D eigenvalue weighted by atomic mass is 19.1. The predicted molar refractivity (Wildman–Crippen MR) is 113 cm³/mol. The molecule has 0 radical (unpaired) electrons. The van der Waals surface area contributed by atoms with Gasteiger partial charge < -0.3 is 20.6 Å². The lowest BCUT2D eigenvalue weighted by Gasteiger charge is -2.32. The van der Waals surface area contributed by atoms with Gasteiger partial charge >= 0.3 is 0 Å². The van der Waals surface area contributed by atoms with E-state index in [4.69, 9.17) is 4.98 Å². The first kappa shape index (κ1) is 20.0. The maximum Gasteiger partial charge on any atom is 0.229 e. The van der Waals surface area contributed by atoms with Crippen molar-refractivity contribution in [3.05, 3.63) is 41.8 Å². The molecule has 1 aromatic carbocycles. The summed E-state index contributed by atoms with van der Waals surface area (Å²) in [5.74, 6) is 1.57. The van der Waals surface area contributed by atoms with Crippen molar-refractivity contribution in [2.45, 2.75) is 56.6 Å². The normalized spacial score (nSPS) is 23.7. The number of halogens is 1. The fourth-order valence-electron chi connectivity index (χ4n) is 4.26. The van der Waals surface area contributed by atoms with E-state index < -0.39 is 0 Å². The van der Waals surface area contributed by atoms with E-state index in [-0.39, 0.29) is 11.9 Å². The third-order valence-corrected chi connectivity index (χ3v) is 6.11. The summed E-state index contributed by atoms with van der Waals surface area (Å²) in [6.45, 7) is 2.16. The van der Waals surface area contributed by atoms with Gasteiger partial charge in [-0.1, -0.05) is 0 Å². The fourth-order valence-corrected chi connectivity index (χ4v) is 4.26. The highest BCUT2D eigenvalue weighted by Crippen LogP contribution is 2.33. The Morgan fingerprint density at radius 2 is 1.72 bits per heavy atom. The number of piperidine rings is 1. The molecule has 4 rings (SSSR count). The second kappa shape index (κ2) is 9.05. The zero-order valence-corrected chi connectivity index (χ0v) is 16.9. The smallest absolute Gasteiger partial charge is 0.229 e. The Morgan fingerprint density at radius 3 is 2.41 bits per heavy atom. The Balaban J connectivity index is 1.55. The van der Waals surface area contributed by atoms with Crippen LogP contribution in [-0.4, -0.2) is 52.3 Å². The molecule has 1 saturated heterocycles. The lowest BCUT2D eigenvalue weighted by atomic mass is 9.89. The molecule has 0 atom stereocenters. The number of hydrogen-bond donors (Lipinski definition) is 3. The zero-order chi connectivity index (χ0) is 20.2. The highest BCUT2D eigenvalue weighted by molar-refractivity contribution is 5.57. The number of rotatable bonds is 5. The summed E-state index contributed by atoms with van der Waals surface area (Å²) in [5, 5.41) is 16.6. The van der Waals surface area contributed by atoms with E-state index in [1.165, 1.54) is 17.7 Å². The van der Waals surface area contributed by atoms with E-state index in [0.717, 1.165) is 63.1 Å². The van der Waals surface area contributed by atoms with Crippen molar-refractivity contribution in [3.63, 3.8) is 0 Å². The van der Waals surface area contributed by atoms with E-state index in [0.29, 0.717) is 17.9 Å². The summed E-state index contributed by atoms with van der Waals surface area (Å²) in [4.78, 5) is 11.7. The van der Waals surface area contributed by atoms with Crippen molar-refractivity contribution in [1.29, 1.82) is 0 Å². The maximum absolute atomic E-state index is 13.2. The van der Waals surface area contributed by atoms with Crippen molar-refractivity contribution in [1.82, 2.24) is 14.9 Å². The first-order valence-corrected chi connectivity index (χ1v) is 10.6. The van der Waals surface area contributed by atoms with E-state index >= 15 is 0 Å². The molecule has 1 saturated carbocycles. The second-order valence-electron chi connectivity index (χ2n) is 8.36. The van der Waals surface area contributed by atoms with Gasteiger partial charge in [-0.2, -0.15) is 4.98 Å². The number of benzene rings is 1. The minimum atomic E-state index is -0.268. The molecule has 0 bridgehead atoms. The van der Waals surface area contributed by atoms with E-state index in [2.05, 4.69) is 27.6 Å². The molecule has 1 aromatic heterocycles. The van der Waals surface area contributed by atoms with Crippen molar-refractivity contribution in [2.24, 2.45) is 0 Å². The second-order valence-corrected chi connectivity index (χ2v) is 8.36. The molecular weight excluding hydrogens is 369 g/mol. The van der Waals surface area contributed by atoms with Gasteiger partial charge in [-0.3, -0.25) is 0 Å². The van der Waals surface area contributed by atoms with E-state index in [9.17, 15) is 9.50 Å². The third-order valence-electron chi connectivity index (χ3n) is 6.11. The summed E-state index contributed by atoms with van der Waals surface area (Å²) < 4.78 is 13.2. The monoisotopic (exact) mass is 399 g/mol. The van der Waals surface area contributed by atoms with Crippen LogP contribution in [-0.2, 0) is 0 Å². The van der Waals surface area contributed by atoms with Gasteiger partial charge in [0, 0.05) is 23.5 Å². The van der Waals surface area contributed by atoms with Crippen LogP contribution >= 0.6 is 0 Å². The highest BCUT2D eigenvalue weighted by Gasteiger charge is 2.25. The quantitative estimate of drug-likeness (QED) is 0.709. The molecule has 2 heterocycles. The van der Waals surface area contributed by atoms with Gasteiger partial charge in [0.15, 0.2) is 0 Å². The summed E-state index contributed by atoms with van der Waals surface area (Å²) in [7, 11) is 2.16. The Morgan fingerprint density at radius 1 is 1.03 bits per heavy atom. The topological polar surface area (TPSA) is 73.3 Å². The summed E-state index contributed by atoms with van der Waals surface area (Å²) in [5.41, 5.74) is 1.93. The van der Waals surface area contributed by atoms with Gasteiger partial charge in [-0.15, -0.1) is 0 Å². The van der Waals surface area contributed by atoms with Crippen LogP contribution in [0.4, 0.5) is 21.8 Å². The molecular formula is C22H30FN5O. The number of aliphatic hydroxyl groups is 1. The number of likely N-dealkylation sites (tertiary alicyclic amines) is 1. The summed E-state index contributed by atoms with van der Waals surface area (Å²) in [6.07, 6.45) is 7.50. The lowest BCUT2D eigenvalue weighted by Crippen LogP contribution is -2.31. The molecule has 3 N–H and O–H groups in total. The number of hydrogen-bond acceptors (Lipinski definition) is 6. The first-order chi connectivity index (χ1) is 14.1. The average Bonchev–Trinajstić information content (AvgIpc) is 2.73. The lowest BCUT2D eigenvalue weighted by molar-refractivity contribution is 0.126. The van der Waals surface area contributed by atoms with Crippen LogP contribution in [0.3, 0.4) is 0 Å². The first-order valence-electron chi connectivity index (χ1n) is 10.6. The SMILES string of the molecule is CN1CCC(c2cnc(Nc3ccc(F)cc3)nc2NC2CCC(O)CC2)CC1. The van der Waals surface area contributed by atoms with Crippen molar-refractivity contribution in [3.8, 4) is 0 Å². The van der Waals surface area contributed by atoms with Crippen LogP contribution in [0, 0.1) is 5.82 Å². The van der Waals surface area contributed by atoms with Crippen LogP contribution in [0.2, 0.25) is 0 Å². The number of anilines is 3. The Kier molecular flexibility index (Phi) is 6.25. The molecule has 29 heavy (non-hydrogen) atoms. The van der Waals surface area contributed by atoms with Crippen LogP contribution in [0.25, 0.3) is 0 Å². The maximum atomic E-state index is 13.2. The van der Waals surface area contributed by atoms with Crippen molar-refractivity contribution >= 4 is 17.5 Å². The molecule has 0 spiro atoms. The fraction of sp³-hybridized carbons (Fsp3) is 0.545. The molecule has 2 fully saturated rings. The van der Waals surface area contributed by atoms with Crippen LogP contribution in [0.1, 0.15) is 50.0 Å². The number of aliphatic hydroxyl groups excluding tert-OH is 1. The van der Waals surface area contributed by atoms with Gasteiger partial charge in [-0.25, -0.2) is 9.37 Å². The van der Waals surface area contributed by atoms with Crippen molar-refractivity contribution in [2.75, 3.05) is 30.8 Å². The third kappa shape index (κ3) is 5.22. The largest absolute Gasteiger partial charge is 0.393 e. The Labute approximate surface area is 171 Å². The predicted octanol–water partition coefficient (Wildman–Crippen LogP) is 3.88. The van der Waals surface area contributed by atoms with Gasteiger partial charge in [0.2, 0.25) is 5.95 Å². The van der Waals surface area contributed by atoms with Gasteiger partial charge in [0.05, 0.1) is 6.10 Å². The number of aromatic nitrogens is 2. The van der Waals surface area contributed by atoms with E-state index in [1.54, 1.807) is 12.1 Å². The van der Waals surface area contributed by atoms with Crippen LogP contribution in [0.15, 0.2) is 30.5 Å². The summed E-state index contributed by atoms with van der Waals surface area (Å²) in [6, 6.07) is 6.51. The molecule has 1 aliphatic carbocycles. The van der Waals surface area contributed by atoms with Gasteiger partial charge in [-0.05, 0) is 88.8 Å². The molecule has 0 unspecified atom stereocenters. The molecule has 2 aliphatic rings. The van der Waals surface area contributed by atoms with Crippen molar-refractivity contribution < 1.29 is 9.50 Å². The molecule has 2 aromatic rings. The summed E-state index contributed by atoms with van der Waals surface area (Å²) >= 11 is 0. The molecule has 0 amide bonds. The minimum Gasteiger partial charge on any atom is -0.393 e. The van der Waals surface area contributed by atoms with Crippen LogP contribution < -0.4 is 10.6 Å². The Hall–Kier alpha value is -2.25. The molecule has 7 heteroatoms. The Bertz CT molecular complexity index is 799. The molecule has 156 valence electrons. The number of nitrogens with one attached hydrogen (secondary N) is 2. The van der Waals surface area contributed by atoms with E-state index in [1.807, 2.05) is 6.20 Å². The number of nitrogens with zero attached hydrogens (tertiary/aromatic N) is 3. The van der Waals surface area contributed by atoms with Crippen LogP contribution in [0.5, 0.6) is 0 Å². The molecule has 6 nitrogen and oxygen atoms in total. The minimum absolute atomic E-state index is 0.178. The zero-order valence-electron chi connectivity index (χ0n) is 16.9. The average molecular weight is 400 g/mol. The van der Waals surface area contributed by atoms with Gasteiger partial charge in [0.1, 0.15) is 11.6 Å². The molecule has 1 aliphatic heterocycles. The van der Waals surface area contributed by atoms with Gasteiger partial charge in [0.25, 0.3) is 0 Å². The standard InChI is InChI=1S/C22H30FN5O/c1-28-12-10-15(11-13-28)20-14-24-22(26-18-4-2-16(23)3-5-18)27-21(20)25-17-6-8-19(29)9-7-17/h2-5,14-15,17,19,29H,6-13H2,1H3,(H2,24,25,26,27).